The van der Waals surface area contributed by atoms with Gasteiger partial charge in [0.25, 0.3) is 0 Å². The number of hydrogen-bond donors (Lipinski definition) is 3. The number of aliphatic hydroxyl groups excluding tert-OH is 2. The van der Waals surface area contributed by atoms with Gasteiger partial charge in [0.15, 0.2) is 0 Å². The second kappa shape index (κ2) is 7.27. The maximum Gasteiger partial charge on any atom is 0.303 e. The van der Waals surface area contributed by atoms with Crippen LogP contribution in [0.4, 0.5) is 0 Å². The van der Waals surface area contributed by atoms with Crippen molar-refractivity contribution in [3.8, 4) is 0 Å². The van der Waals surface area contributed by atoms with E-state index < -0.39 is 5.97 Å². The van der Waals surface area contributed by atoms with Crippen LogP contribution in [-0.2, 0) is 4.79 Å². The van der Waals surface area contributed by atoms with Crippen molar-refractivity contribution < 1.29 is 20.1 Å². The van der Waals surface area contributed by atoms with Gasteiger partial charge in [-0.2, -0.15) is 0 Å². The molecule has 0 unspecified atom stereocenters. The molecule has 0 radical (unpaired) electrons. The highest BCUT2D eigenvalue weighted by Crippen LogP contribution is 2.68. The van der Waals surface area contributed by atoms with E-state index in [2.05, 4.69) is 20.8 Å². The predicted octanol–water partition coefficient (Wildman–Crippen LogP) is 4.48. The average Bonchev–Trinajstić information content (AvgIpc) is 2.98. The van der Waals surface area contributed by atoms with Gasteiger partial charge in [-0.05, 0) is 104 Å². The van der Waals surface area contributed by atoms with Crippen molar-refractivity contribution in [3.05, 3.63) is 0 Å². The van der Waals surface area contributed by atoms with E-state index in [9.17, 15) is 15.0 Å². The van der Waals surface area contributed by atoms with Gasteiger partial charge in [0.2, 0.25) is 0 Å². The lowest BCUT2D eigenvalue weighted by atomic mass is 9.43. The number of hydrogen-bond acceptors (Lipinski definition) is 3. The lowest BCUT2D eigenvalue weighted by Crippen LogP contribution is -2.58. The summed E-state index contributed by atoms with van der Waals surface area (Å²) in [5.41, 5.74) is 0.523. The van der Waals surface area contributed by atoms with Gasteiger partial charge in [-0.3, -0.25) is 4.79 Å². The molecule has 160 valence electrons. The normalized spacial score (nSPS) is 51.7. The Morgan fingerprint density at radius 3 is 2.39 bits per heavy atom. The Morgan fingerprint density at radius 1 is 1.00 bits per heavy atom. The van der Waals surface area contributed by atoms with Crippen LogP contribution in [0.5, 0.6) is 0 Å². The molecular formula is C24H40O4. The SMILES string of the molecule is C[C@@H](CCC(=O)O)[C@H]1CC[C@@H]2[C@@H]3[C@H](O)C[C@@H]4C[C@H](O)CC[C@]4(C)[C@H]3CC[C@@]21C. The Kier molecular flexibility index (Phi) is 5.36. The molecule has 0 heterocycles. The molecule has 4 fully saturated rings. The highest BCUT2D eigenvalue weighted by molar-refractivity contribution is 5.66. The minimum absolute atomic E-state index is 0.179. The molecule has 0 aliphatic heterocycles. The van der Waals surface area contributed by atoms with E-state index in [1.807, 2.05) is 0 Å². The number of rotatable bonds is 4. The van der Waals surface area contributed by atoms with Crippen LogP contribution >= 0.6 is 0 Å². The number of carboxylic acid groups (broad SMARTS) is 1. The summed E-state index contributed by atoms with van der Waals surface area (Å²) in [5, 5.41) is 30.5. The third-order valence-electron chi connectivity index (χ3n) is 10.2. The van der Waals surface area contributed by atoms with E-state index in [-0.39, 0.29) is 29.5 Å². The Balaban J connectivity index is 1.55. The van der Waals surface area contributed by atoms with Gasteiger partial charge in [-0.1, -0.05) is 20.8 Å². The largest absolute Gasteiger partial charge is 0.481 e. The van der Waals surface area contributed by atoms with Crippen molar-refractivity contribution in [1.82, 2.24) is 0 Å². The number of aliphatic carboxylic acids is 1. The molecule has 4 aliphatic carbocycles. The van der Waals surface area contributed by atoms with Gasteiger partial charge in [0.1, 0.15) is 0 Å². The second-order valence-electron chi connectivity index (χ2n) is 11.4. The fraction of sp³-hybridized carbons (Fsp3) is 0.958. The minimum Gasteiger partial charge on any atom is -0.481 e. The number of aliphatic hydroxyl groups is 2. The first kappa shape index (κ1) is 20.7. The van der Waals surface area contributed by atoms with E-state index in [0.717, 1.165) is 32.1 Å². The molecule has 0 aromatic heterocycles. The summed E-state index contributed by atoms with van der Waals surface area (Å²) in [6.07, 6.45) is 9.19. The molecule has 3 N–H and O–H groups in total. The van der Waals surface area contributed by atoms with Gasteiger partial charge < -0.3 is 15.3 Å². The summed E-state index contributed by atoms with van der Waals surface area (Å²) in [7, 11) is 0. The van der Waals surface area contributed by atoms with Gasteiger partial charge in [0, 0.05) is 6.42 Å². The third kappa shape index (κ3) is 3.14. The summed E-state index contributed by atoms with van der Waals surface area (Å²) in [5.74, 6) is 2.36. The van der Waals surface area contributed by atoms with Crippen molar-refractivity contribution >= 4 is 5.97 Å². The molecule has 4 rings (SSSR count). The fourth-order valence-electron chi connectivity index (χ4n) is 8.73. The number of carbonyl (C=O) groups is 1. The second-order valence-corrected chi connectivity index (χ2v) is 11.4. The van der Waals surface area contributed by atoms with Crippen LogP contribution in [0.25, 0.3) is 0 Å². The van der Waals surface area contributed by atoms with E-state index in [1.165, 1.54) is 25.7 Å². The summed E-state index contributed by atoms with van der Waals surface area (Å²) >= 11 is 0. The van der Waals surface area contributed by atoms with Crippen molar-refractivity contribution in [1.29, 1.82) is 0 Å². The highest BCUT2D eigenvalue weighted by Gasteiger charge is 2.62. The van der Waals surface area contributed by atoms with Crippen LogP contribution in [0.1, 0.15) is 85.0 Å². The molecule has 0 bridgehead atoms. The van der Waals surface area contributed by atoms with E-state index in [0.29, 0.717) is 35.5 Å². The van der Waals surface area contributed by atoms with Crippen LogP contribution in [0.3, 0.4) is 0 Å². The van der Waals surface area contributed by atoms with Gasteiger partial charge in [-0.25, -0.2) is 0 Å². The first-order valence-electron chi connectivity index (χ1n) is 11.7. The van der Waals surface area contributed by atoms with Crippen LogP contribution < -0.4 is 0 Å². The third-order valence-corrected chi connectivity index (χ3v) is 10.2. The topological polar surface area (TPSA) is 77.8 Å². The molecule has 4 nitrogen and oxygen atoms in total. The van der Waals surface area contributed by atoms with Gasteiger partial charge in [-0.15, -0.1) is 0 Å². The smallest absolute Gasteiger partial charge is 0.303 e. The number of carboxylic acids is 1. The zero-order valence-corrected chi connectivity index (χ0v) is 17.9. The predicted molar refractivity (Wildman–Crippen MR) is 109 cm³/mol. The van der Waals surface area contributed by atoms with Gasteiger partial charge >= 0.3 is 5.97 Å². The highest BCUT2D eigenvalue weighted by atomic mass is 16.4. The molecule has 4 aliphatic rings. The summed E-state index contributed by atoms with van der Waals surface area (Å²) in [6.45, 7) is 7.16. The quantitative estimate of drug-likeness (QED) is 0.659. The zero-order chi connectivity index (χ0) is 20.3. The monoisotopic (exact) mass is 392 g/mol. The molecule has 0 spiro atoms. The van der Waals surface area contributed by atoms with Crippen molar-refractivity contribution in [2.45, 2.75) is 97.2 Å². The standard InChI is InChI=1S/C24H40O4/c1-14(4-7-21(27)28)17-5-6-18-22-19(9-11-24(17,18)3)23(2)10-8-16(25)12-15(23)13-20(22)26/h14-20,22,25-26H,4-13H2,1-3H3,(H,27,28)/t14-,15-,16+,17+,18+,19-,20+,22-,23-,24+/m0/s1. The Bertz CT molecular complexity index is 605. The first-order chi connectivity index (χ1) is 13.2. The van der Waals surface area contributed by atoms with E-state index >= 15 is 0 Å². The van der Waals surface area contributed by atoms with E-state index in [1.54, 1.807) is 0 Å². The molecule has 0 aromatic carbocycles. The Morgan fingerprint density at radius 2 is 1.68 bits per heavy atom. The molecule has 4 heteroatoms. The fourth-order valence-corrected chi connectivity index (χ4v) is 8.73. The molecule has 0 saturated heterocycles. The maximum atomic E-state index is 11.2. The lowest BCUT2D eigenvalue weighted by Gasteiger charge is -2.62. The minimum atomic E-state index is -0.684. The lowest BCUT2D eigenvalue weighted by molar-refractivity contribution is -0.174. The molecule has 28 heavy (non-hydrogen) atoms. The van der Waals surface area contributed by atoms with Crippen LogP contribution in [0, 0.1) is 46.3 Å². The van der Waals surface area contributed by atoms with Crippen LogP contribution in [0.15, 0.2) is 0 Å². The Hall–Kier alpha value is -0.610. The molecule has 10 atom stereocenters. The average molecular weight is 393 g/mol. The maximum absolute atomic E-state index is 11.2. The first-order valence-corrected chi connectivity index (χ1v) is 11.7. The van der Waals surface area contributed by atoms with E-state index in [4.69, 9.17) is 5.11 Å². The molecule has 0 amide bonds. The van der Waals surface area contributed by atoms with Crippen LogP contribution in [0.2, 0.25) is 0 Å². The molecule has 4 saturated carbocycles. The van der Waals surface area contributed by atoms with Crippen molar-refractivity contribution in [3.63, 3.8) is 0 Å². The summed E-state index contributed by atoms with van der Waals surface area (Å²) in [6, 6.07) is 0. The number of fused-ring (bicyclic) bond motifs is 5. The summed E-state index contributed by atoms with van der Waals surface area (Å²) < 4.78 is 0. The molecular weight excluding hydrogens is 352 g/mol. The Labute approximate surface area is 170 Å². The van der Waals surface area contributed by atoms with Gasteiger partial charge in [0.05, 0.1) is 12.2 Å². The van der Waals surface area contributed by atoms with Crippen LogP contribution in [-0.4, -0.2) is 33.5 Å². The zero-order valence-electron chi connectivity index (χ0n) is 17.9. The van der Waals surface area contributed by atoms with Crippen molar-refractivity contribution in [2.75, 3.05) is 0 Å². The summed E-state index contributed by atoms with van der Waals surface area (Å²) in [4.78, 5) is 11.1. The van der Waals surface area contributed by atoms with Crippen molar-refractivity contribution in [2.24, 2.45) is 46.3 Å². The molecule has 0 aromatic rings.